The molecule has 0 aliphatic carbocycles. The fraction of sp³-hybridized carbons (Fsp3) is 0.100. The quantitative estimate of drug-likeness (QED) is 0.223. The lowest BCUT2D eigenvalue weighted by Crippen LogP contribution is -2.23. The second kappa shape index (κ2) is 10.7. The van der Waals surface area contributed by atoms with E-state index in [1.807, 2.05) is 36.4 Å². The van der Waals surface area contributed by atoms with Gasteiger partial charge in [-0.3, -0.25) is 19.0 Å². The number of esters is 1. The van der Waals surface area contributed by atoms with Gasteiger partial charge in [0.15, 0.2) is 6.61 Å². The number of hydrogen-bond donors (Lipinski definition) is 1. The largest absolute Gasteiger partial charge is 0.454 e. The maximum Gasteiger partial charge on any atom is 0.338 e. The predicted molar refractivity (Wildman–Crippen MR) is 152 cm³/mol. The standard InChI is InChI=1S/C30H25N3O6S/c1-20-28(29(35)33(32(20)2)23-13-4-3-5-14-23)31-40(37,38)24-15-8-12-22(18-24)30(36)39-19-27(34)26-17-9-11-21-10-6-7-16-25(21)26/h3-18,31H,19H2,1-2H3. The summed E-state index contributed by atoms with van der Waals surface area (Å²) >= 11 is 0. The number of nitrogens with zero attached hydrogens (tertiary/aromatic N) is 2. The third-order valence-corrected chi connectivity index (χ3v) is 7.94. The van der Waals surface area contributed by atoms with E-state index in [0.29, 0.717) is 16.9 Å². The molecule has 5 aromatic rings. The Hall–Kier alpha value is -4.96. The van der Waals surface area contributed by atoms with Crippen LogP contribution in [0.4, 0.5) is 5.69 Å². The SMILES string of the molecule is Cc1c(NS(=O)(=O)c2cccc(C(=O)OCC(=O)c3cccc4ccccc34)c2)c(=O)n(-c2ccccc2)n1C. The number of carbonyl (C=O) groups excluding carboxylic acids is 2. The molecule has 0 aliphatic rings. The summed E-state index contributed by atoms with van der Waals surface area (Å²) < 4.78 is 37.0. The molecule has 0 saturated carbocycles. The fourth-order valence-corrected chi connectivity index (χ4v) is 5.59. The van der Waals surface area contributed by atoms with Crippen molar-refractivity contribution in [3.8, 4) is 5.69 Å². The van der Waals surface area contributed by atoms with Crippen LogP contribution in [0.2, 0.25) is 0 Å². The molecule has 9 nitrogen and oxygen atoms in total. The van der Waals surface area contributed by atoms with E-state index in [-0.39, 0.29) is 21.9 Å². The van der Waals surface area contributed by atoms with E-state index in [4.69, 9.17) is 4.74 Å². The molecule has 0 atom stereocenters. The molecule has 0 amide bonds. The molecule has 40 heavy (non-hydrogen) atoms. The summed E-state index contributed by atoms with van der Waals surface area (Å²) in [6.07, 6.45) is 0. The normalized spacial score (nSPS) is 11.3. The molecule has 1 N–H and O–H groups in total. The molecule has 0 unspecified atom stereocenters. The van der Waals surface area contributed by atoms with Crippen LogP contribution in [0, 0.1) is 6.92 Å². The molecule has 0 spiro atoms. The van der Waals surface area contributed by atoms with E-state index in [1.165, 1.54) is 22.9 Å². The van der Waals surface area contributed by atoms with Crippen LogP contribution in [-0.4, -0.2) is 36.1 Å². The van der Waals surface area contributed by atoms with Gasteiger partial charge in [0.2, 0.25) is 5.78 Å². The summed E-state index contributed by atoms with van der Waals surface area (Å²) in [5, 5.41) is 1.63. The highest BCUT2D eigenvalue weighted by Gasteiger charge is 2.24. The van der Waals surface area contributed by atoms with Crippen molar-refractivity contribution in [2.45, 2.75) is 11.8 Å². The monoisotopic (exact) mass is 555 g/mol. The summed E-state index contributed by atoms with van der Waals surface area (Å²) in [5.41, 5.74) is 0.689. The van der Waals surface area contributed by atoms with Crippen molar-refractivity contribution in [2.24, 2.45) is 7.05 Å². The lowest BCUT2D eigenvalue weighted by molar-refractivity contribution is 0.0475. The van der Waals surface area contributed by atoms with Gasteiger partial charge in [-0.1, -0.05) is 66.7 Å². The molecule has 10 heteroatoms. The van der Waals surface area contributed by atoms with E-state index in [2.05, 4.69) is 4.72 Å². The van der Waals surface area contributed by atoms with Crippen molar-refractivity contribution in [3.63, 3.8) is 0 Å². The lowest BCUT2D eigenvalue weighted by atomic mass is 10.0. The first-order valence-corrected chi connectivity index (χ1v) is 13.8. The first-order valence-electron chi connectivity index (χ1n) is 12.3. The zero-order valence-corrected chi connectivity index (χ0v) is 22.5. The molecule has 0 fully saturated rings. The predicted octanol–water partition coefficient (Wildman–Crippen LogP) is 4.48. The van der Waals surface area contributed by atoms with Gasteiger partial charge >= 0.3 is 5.97 Å². The van der Waals surface area contributed by atoms with Gasteiger partial charge in [0.05, 0.1) is 21.8 Å². The molecule has 1 aromatic heterocycles. The Labute approximate surface area is 230 Å². The van der Waals surface area contributed by atoms with Crippen molar-refractivity contribution >= 4 is 38.2 Å². The smallest absolute Gasteiger partial charge is 0.338 e. The molecule has 5 rings (SSSR count). The van der Waals surface area contributed by atoms with Crippen LogP contribution in [-0.2, 0) is 21.8 Å². The van der Waals surface area contributed by atoms with E-state index < -0.39 is 28.2 Å². The van der Waals surface area contributed by atoms with Crippen LogP contribution in [0.15, 0.2) is 107 Å². The molecule has 0 saturated heterocycles. The van der Waals surface area contributed by atoms with Crippen molar-refractivity contribution in [3.05, 3.63) is 124 Å². The average Bonchev–Trinajstić information content (AvgIpc) is 3.18. The number of para-hydroxylation sites is 1. The third kappa shape index (κ3) is 5.04. The summed E-state index contributed by atoms with van der Waals surface area (Å²) in [7, 11) is -2.60. The molecule has 0 radical (unpaired) electrons. The minimum atomic E-state index is -4.25. The molecular weight excluding hydrogens is 530 g/mol. The van der Waals surface area contributed by atoms with Gasteiger partial charge < -0.3 is 4.74 Å². The second-order valence-corrected chi connectivity index (χ2v) is 10.8. The molecule has 0 aliphatic heterocycles. The number of carbonyl (C=O) groups is 2. The highest BCUT2D eigenvalue weighted by Crippen LogP contribution is 2.21. The summed E-state index contributed by atoms with van der Waals surface area (Å²) in [6, 6.07) is 26.7. The number of benzene rings is 4. The van der Waals surface area contributed by atoms with Crippen molar-refractivity contribution < 1.29 is 22.7 Å². The summed E-state index contributed by atoms with van der Waals surface area (Å²) in [5.74, 6) is -1.24. The van der Waals surface area contributed by atoms with Crippen LogP contribution in [0.25, 0.3) is 16.5 Å². The van der Waals surface area contributed by atoms with Crippen LogP contribution >= 0.6 is 0 Å². The number of ketones is 1. The Balaban J connectivity index is 1.35. The number of aromatic nitrogens is 2. The van der Waals surface area contributed by atoms with E-state index in [1.54, 1.807) is 55.1 Å². The number of sulfonamides is 1. The minimum absolute atomic E-state index is 0.0555. The second-order valence-electron chi connectivity index (χ2n) is 9.10. The Morgan fingerprint density at radius 2 is 1.55 bits per heavy atom. The van der Waals surface area contributed by atoms with Gasteiger partial charge in [-0.15, -0.1) is 0 Å². The minimum Gasteiger partial charge on any atom is -0.454 e. The highest BCUT2D eigenvalue weighted by molar-refractivity contribution is 7.92. The number of fused-ring (bicyclic) bond motifs is 1. The Bertz CT molecular complexity index is 1920. The maximum atomic E-state index is 13.2. The number of nitrogens with one attached hydrogen (secondary N) is 1. The third-order valence-electron chi connectivity index (χ3n) is 6.60. The van der Waals surface area contributed by atoms with Gasteiger partial charge in [-0.25, -0.2) is 17.9 Å². The van der Waals surface area contributed by atoms with Gasteiger partial charge in [0.25, 0.3) is 15.6 Å². The van der Waals surface area contributed by atoms with Crippen LogP contribution in [0.3, 0.4) is 0 Å². The summed E-state index contributed by atoms with van der Waals surface area (Å²) in [4.78, 5) is 38.5. The Morgan fingerprint density at radius 3 is 2.33 bits per heavy atom. The van der Waals surface area contributed by atoms with Crippen molar-refractivity contribution in [2.75, 3.05) is 11.3 Å². The topological polar surface area (TPSA) is 116 Å². The number of Topliss-reactive ketones (excluding diaryl/α,β-unsaturated/α-hetero) is 1. The lowest BCUT2D eigenvalue weighted by Gasteiger charge is -2.09. The number of rotatable bonds is 8. The highest BCUT2D eigenvalue weighted by atomic mass is 32.2. The summed E-state index contributed by atoms with van der Waals surface area (Å²) in [6.45, 7) is 1.11. The zero-order valence-electron chi connectivity index (χ0n) is 21.7. The molecule has 1 heterocycles. The van der Waals surface area contributed by atoms with Gasteiger partial charge in [-0.2, -0.15) is 0 Å². The molecule has 202 valence electrons. The first kappa shape index (κ1) is 26.6. The van der Waals surface area contributed by atoms with Gasteiger partial charge in [-0.05, 0) is 48.0 Å². The maximum absolute atomic E-state index is 13.2. The Morgan fingerprint density at radius 1 is 0.875 bits per heavy atom. The van der Waals surface area contributed by atoms with Crippen LogP contribution < -0.4 is 10.3 Å². The fourth-order valence-electron chi connectivity index (χ4n) is 4.43. The number of hydrogen-bond acceptors (Lipinski definition) is 6. The van der Waals surface area contributed by atoms with Gasteiger partial charge in [0.1, 0.15) is 5.69 Å². The van der Waals surface area contributed by atoms with Crippen molar-refractivity contribution in [1.29, 1.82) is 0 Å². The van der Waals surface area contributed by atoms with Crippen LogP contribution in [0.5, 0.6) is 0 Å². The van der Waals surface area contributed by atoms with Gasteiger partial charge in [0, 0.05) is 12.6 Å². The zero-order chi connectivity index (χ0) is 28.4. The van der Waals surface area contributed by atoms with Crippen LogP contribution in [0.1, 0.15) is 26.4 Å². The Kier molecular flexibility index (Phi) is 7.10. The van der Waals surface area contributed by atoms with E-state index in [9.17, 15) is 22.8 Å². The molecule has 4 aromatic carbocycles. The first-order chi connectivity index (χ1) is 19.2. The van der Waals surface area contributed by atoms with E-state index in [0.717, 1.165) is 16.8 Å². The van der Waals surface area contributed by atoms with E-state index >= 15 is 0 Å². The average molecular weight is 556 g/mol. The van der Waals surface area contributed by atoms with Crippen molar-refractivity contribution in [1.82, 2.24) is 9.36 Å². The molecule has 0 bridgehead atoms. The number of ether oxygens (including phenoxy) is 1. The molecular formula is C30H25N3O6S. The number of anilines is 1.